The van der Waals surface area contributed by atoms with Crippen molar-refractivity contribution in [3.63, 3.8) is 0 Å². The van der Waals surface area contributed by atoms with Crippen LogP contribution >= 0.6 is 0 Å². The highest BCUT2D eigenvalue weighted by Gasteiger charge is 2.87. The van der Waals surface area contributed by atoms with Crippen LogP contribution in [0, 0.1) is 69.0 Å². The molecule has 0 radical (unpaired) electrons. The van der Waals surface area contributed by atoms with Gasteiger partial charge in [0, 0.05) is 47.7 Å². The van der Waals surface area contributed by atoms with Gasteiger partial charge in [0.25, 0.3) is 0 Å². The molecule has 4 heterocycles. The molecule has 24 nitrogen and oxygen atoms in total. The average molecular weight is 1170 g/mol. The summed E-state index contributed by atoms with van der Waals surface area (Å²) in [6, 6.07) is 0. The third-order valence-electron chi connectivity index (χ3n) is 21.3. The Morgan fingerprint density at radius 2 is 0.940 bits per heavy atom. The molecule has 24 heteroatoms. The van der Waals surface area contributed by atoms with E-state index in [4.69, 9.17) is 47.4 Å². The van der Waals surface area contributed by atoms with E-state index >= 15 is 0 Å². The zero-order chi connectivity index (χ0) is 60.9. The van der Waals surface area contributed by atoms with Gasteiger partial charge in [0.05, 0.1) is 51.5 Å². The molecule has 0 aromatic carbocycles. The van der Waals surface area contributed by atoms with Crippen LogP contribution in [0.1, 0.15) is 101 Å². The summed E-state index contributed by atoms with van der Waals surface area (Å²) >= 11 is 0. The van der Waals surface area contributed by atoms with Gasteiger partial charge in [-0.05, 0) is 86.2 Å². The van der Waals surface area contributed by atoms with Gasteiger partial charge in [0.2, 0.25) is 23.4 Å². The van der Waals surface area contributed by atoms with Crippen molar-refractivity contribution in [3.8, 4) is 0 Å². The highest BCUT2D eigenvalue weighted by molar-refractivity contribution is 6.02. The quantitative estimate of drug-likeness (QED) is 0.0934. The molecule has 4 saturated heterocycles. The summed E-state index contributed by atoms with van der Waals surface area (Å²) in [5.41, 5.74) is -9.09. The number of carbonyl (C=O) groups excluding carboxylic acids is 10. The Kier molecular flexibility index (Phi) is 14.6. The fourth-order valence-corrected chi connectivity index (χ4v) is 17.4. The molecule has 8 fully saturated rings. The normalized spacial score (nSPS) is 43.0. The van der Waals surface area contributed by atoms with Gasteiger partial charge >= 0.3 is 47.8 Å². The van der Waals surface area contributed by atoms with E-state index in [0.717, 1.165) is 14.2 Å². The molecule has 4 N–H and O–H groups in total. The van der Waals surface area contributed by atoms with Crippen LogP contribution < -0.4 is 0 Å². The Bertz CT molecular complexity index is 2840. The molecule has 10 rings (SSSR count). The summed E-state index contributed by atoms with van der Waals surface area (Å²) < 4.78 is 57.8. The highest BCUT2D eigenvalue weighted by Crippen LogP contribution is 2.75. The predicted molar refractivity (Wildman–Crippen MR) is 275 cm³/mol. The number of ether oxygens (including phenoxy) is 10. The lowest BCUT2D eigenvalue weighted by molar-refractivity contribution is -0.290. The minimum atomic E-state index is -2.42. The van der Waals surface area contributed by atoms with Gasteiger partial charge in [-0.3, -0.25) is 19.2 Å². The zero-order valence-corrected chi connectivity index (χ0v) is 48.3. The Hall–Kier alpha value is -6.18. The lowest BCUT2D eigenvalue weighted by Gasteiger charge is -2.67. The molecule has 0 unspecified atom stereocenters. The number of rotatable bonds is 12. The Balaban J connectivity index is 0.904. The first kappa shape index (κ1) is 60.0. The molecular formula is C59H72O24. The van der Waals surface area contributed by atoms with E-state index in [1.807, 2.05) is 27.7 Å². The average Bonchev–Trinajstić information content (AvgIpc) is 1.62. The Morgan fingerprint density at radius 3 is 1.27 bits per heavy atom. The van der Waals surface area contributed by atoms with E-state index in [-0.39, 0.29) is 35.8 Å². The second kappa shape index (κ2) is 20.2. The number of allylic oxidation sites excluding steroid dienone is 6. The van der Waals surface area contributed by atoms with Crippen LogP contribution in [0.25, 0.3) is 0 Å². The molecule has 83 heavy (non-hydrogen) atoms. The summed E-state index contributed by atoms with van der Waals surface area (Å²) in [7, 11) is 2.06. The van der Waals surface area contributed by atoms with E-state index in [2.05, 4.69) is 0 Å². The second-order valence-corrected chi connectivity index (χ2v) is 25.7. The van der Waals surface area contributed by atoms with Gasteiger partial charge in [-0.2, -0.15) is 0 Å². The standard InChI is InChI=1S/C59H72O24/c1-22(2)24(5)13-34(62)82-42-46-56-20-76-58(46,52(72)74-11)48(68)38(66)44(56)54(9)18-30(60)40(26(7)28(54)15-32(56)78-50(42)70)80-36(64)17-37(65)81-41-27(8)29-16-33-57-21-77-59(53(73)75-12,49(69)39(67)45(57)55(29,10)19-31(41)61)47(57)43(51(71)79-33)83-35(63)14-25(6)23(3)4/h13-14,22-23,28-29,32-33,38-39,42-49,66-69H,15-21H2,1-12H3/b24-13+,25-14+/t28-,29-,32+,33+,38+,39+,42+,43+,44+,45+,46+,47+,48-,49-,54-,55-,56+,57+,58-,59-/m0/s1. The number of hydrogen-bond donors (Lipinski definition) is 4. The van der Waals surface area contributed by atoms with E-state index in [1.165, 1.54) is 26.0 Å². The fourth-order valence-electron chi connectivity index (χ4n) is 17.4. The van der Waals surface area contributed by atoms with Gasteiger partial charge in [0.1, 0.15) is 30.8 Å². The SMILES string of the molecule is COC(=O)[C@@]12OC[C@]34[C@H]([C@@H](O)[C@@H]1O)[C@@]1(C)CC(=O)C(OC(=O)CC(=O)OC5=C(C)[C@@H]6C[C@H]7OC(=O)[C@H](OC(=O)/C=C(\C)C(C)C)[C@H]8[C@]9(C(=O)OC)OC[C@]78[C@H]([C@@H](O)[C@@H]9O)[C@@]6(C)CC5=O)=C(C)[C@@H]1C[C@H]3OC(=O)[C@H](OC(=O)/C=C(\C)C(C)C)[C@@H]24. The summed E-state index contributed by atoms with van der Waals surface area (Å²) in [5, 5.41) is 48.7. The van der Waals surface area contributed by atoms with Crippen LogP contribution in [0.5, 0.6) is 0 Å². The van der Waals surface area contributed by atoms with Gasteiger partial charge in [-0.15, -0.1) is 0 Å². The molecule has 0 aromatic rings. The number of aliphatic hydroxyl groups is 4. The lowest BCUT2D eigenvalue weighted by Crippen LogP contribution is -2.79. The number of methoxy groups -OCH3 is 2. The van der Waals surface area contributed by atoms with Crippen LogP contribution in [0.4, 0.5) is 0 Å². The largest absolute Gasteiger partial charge is 0.467 e. The Morgan fingerprint density at radius 1 is 0.590 bits per heavy atom. The molecule has 10 aliphatic rings. The summed E-state index contributed by atoms with van der Waals surface area (Å²) in [4.78, 5) is 139. The molecule has 6 aliphatic carbocycles. The molecule has 4 saturated carbocycles. The number of ketones is 2. The van der Waals surface area contributed by atoms with E-state index in [1.54, 1.807) is 27.7 Å². The maximum Gasteiger partial charge on any atom is 0.348 e. The molecular weight excluding hydrogens is 1090 g/mol. The number of esters is 8. The van der Waals surface area contributed by atoms with Crippen LogP contribution in [0.2, 0.25) is 0 Å². The topological polar surface area (TPSA) is 344 Å². The maximum atomic E-state index is 14.4. The minimum Gasteiger partial charge on any atom is -0.467 e. The number of fused-ring (bicyclic) bond motifs is 4. The van der Waals surface area contributed by atoms with Gasteiger partial charge in [-0.25, -0.2) is 28.8 Å². The lowest BCUT2D eigenvalue weighted by atomic mass is 9.38. The van der Waals surface area contributed by atoms with Crippen molar-refractivity contribution in [2.24, 2.45) is 69.0 Å². The molecule has 452 valence electrons. The van der Waals surface area contributed by atoms with Crippen LogP contribution in [-0.2, 0) is 95.3 Å². The third kappa shape index (κ3) is 8.10. The number of hydrogen-bond acceptors (Lipinski definition) is 24. The number of aliphatic hydroxyl groups excluding tert-OH is 4. The van der Waals surface area contributed by atoms with E-state index in [9.17, 15) is 68.4 Å². The molecule has 4 aliphatic heterocycles. The first-order chi connectivity index (χ1) is 38.8. The fraction of sp³-hybridized carbons (Fsp3) is 0.695. The van der Waals surface area contributed by atoms with Crippen LogP contribution in [0.3, 0.4) is 0 Å². The molecule has 0 aromatic heterocycles. The molecule has 4 bridgehead atoms. The first-order valence-electron chi connectivity index (χ1n) is 28.1. The summed E-state index contributed by atoms with van der Waals surface area (Å²) in [6.07, 6.45) is -13.7. The van der Waals surface area contributed by atoms with Crippen LogP contribution in [-0.4, -0.2) is 167 Å². The second-order valence-electron chi connectivity index (χ2n) is 25.7. The van der Waals surface area contributed by atoms with Crippen molar-refractivity contribution in [2.75, 3.05) is 27.4 Å². The highest BCUT2D eigenvalue weighted by atomic mass is 16.6. The van der Waals surface area contributed by atoms with Crippen molar-refractivity contribution < 1.29 is 116 Å². The van der Waals surface area contributed by atoms with Gasteiger partial charge in [-0.1, -0.05) is 52.7 Å². The molecule has 20 atom stereocenters. The van der Waals surface area contributed by atoms with Gasteiger partial charge < -0.3 is 67.8 Å². The zero-order valence-electron chi connectivity index (χ0n) is 48.3. The Labute approximate surface area is 477 Å². The molecule has 2 spiro atoms. The van der Waals surface area contributed by atoms with Gasteiger partial charge in [0.15, 0.2) is 23.1 Å². The predicted octanol–water partition coefficient (Wildman–Crippen LogP) is 1.68. The summed E-state index contributed by atoms with van der Waals surface area (Å²) in [5.74, 6) is -18.4. The van der Waals surface area contributed by atoms with E-state index in [0.29, 0.717) is 11.1 Å². The number of carbonyl (C=O) groups is 10. The summed E-state index contributed by atoms with van der Waals surface area (Å²) in [6.45, 7) is 16.3. The smallest absolute Gasteiger partial charge is 0.348 e. The van der Waals surface area contributed by atoms with Crippen molar-refractivity contribution in [2.45, 2.75) is 161 Å². The number of Topliss-reactive ketones (excluding diaryl/α,β-unsaturated/α-hetero) is 2. The third-order valence-corrected chi connectivity index (χ3v) is 21.3. The van der Waals surface area contributed by atoms with E-state index < -0.39 is 221 Å². The van der Waals surface area contributed by atoms with Crippen LogP contribution in [0.15, 0.2) is 46.0 Å². The monoisotopic (exact) mass is 1160 g/mol. The van der Waals surface area contributed by atoms with Crippen molar-refractivity contribution in [1.29, 1.82) is 0 Å². The van der Waals surface area contributed by atoms with Crippen molar-refractivity contribution in [1.82, 2.24) is 0 Å². The molecule has 0 amide bonds. The maximum absolute atomic E-state index is 14.4. The first-order valence-corrected chi connectivity index (χ1v) is 28.1. The minimum absolute atomic E-state index is 0.0802. The van der Waals surface area contributed by atoms with Crippen molar-refractivity contribution >= 4 is 59.3 Å². The van der Waals surface area contributed by atoms with Crippen molar-refractivity contribution in [3.05, 3.63) is 46.0 Å².